The zero-order chi connectivity index (χ0) is 19.3. The van der Waals surface area contributed by atoms with Crippen molar-refractivity contribution in [1.82, 2.24) is 9.80 Å². The molecule has 1 saturated heterocycles. The van der Waals surface area contributed by atoms with Gasteiger partial charge in [-0.3, -0.25) is 14.4 Å². The summed E-state index contributed by atoms with van der Waals surface area (Å²) in [5.74, 6) is -0.0105. The normalized spacial score (nSPS) is 15.5. The van der Waals surface area contributed by atoms with Gasteiger partial charge in [-0.15, -0.1) is 0 Å². The smallest absolute Gasteiger partial charge is 0.261 e. The maximum atomic E-state index is 12.7. The van der Waals surface area contributed by atoms with E-state index in [1.807, 2.05) is 4.90 Å². The van der Waals surface area contributed by atoms with E-state index in [2.05, 4.69) is 16.5 Å². The molecule has 144 valence electrons. The van der Waals surface area contributed by atoms with E-state index in [0.717, 1.165) is 39.1 Å². The first kappa shape index (κ1) is 19.4. The van der Waals surface area contributed by atoms with Crippen molar-refractivity contribution in [1.29, 1.82) is 0 Å². The Morgan fingerprint density at radius 3 is 2.19 bits per heavy atom. The molecule has 1 amide bonds. The van der Waals surface area contributed by atoms with E-state index in [1.54, 1.807) is 54.6 Å². The van der Waals surface area contributed by atoms with Crippen molar-refractivity contribution in [2.45, 2.75) is 18.2 Å². The van der Waals surface area contributed by atoms with Crippen LogP contribution in [0, 0.1) is 0 Å². The van der Waals surface area contributed by atoms with Gasteiger partial charge < -0.3 is 4.90 Å². The molecule has 0 aliphatic carbocycles. The second-order valence-corrected chi connectivity index (χ2v) is 8.31. The number of carbonyl (C=O) groups excluding carboxylic acids is 1. The summed E-state index contributed by atoms with van der Waals surface area (Å²) in [7, 11) is -3.63. The monoisotopic (exact) mass is 387 g/mol. The first-order valence-electron chi connectivity index (χ1n) is 9.19. The predicted octanol–water partition coefficient (Wildman–Crippen LogP) is 2.66. The first-order valence-corrected chi connectivity index (χ1v) is 10.7. The second-order valence-electron chi connectivity index (χ2n) is 6.63. The Kier molecular flexibility index (Phi) is 6.13. The summed E-state index contributed by atoms with van der Waals surface area (Å²) in [5, 5.41) is 0. The molecule has 0 spiro atoms. The second kappa shape index (κ2) is 8.54. The number of carbonyl (C=O) groups is 1. The fourth-order valence-electron chi connectivity index (χ4n) is 3.17. The summed E-state index contributed by atoms with van der Waals surface area (Å²) in [6.45, 7) is 6.47. The molecule has 0 bridgehead atoms. The number of nitrogens with one attached hydrogen (secondary N) is 1. The van der Waals surface area contributed by atoms with Crippen molar-refractivity contribution in [3.8, 4) is 0 Å². The third-order valence-corrected chi connectivity index (χ3v) is 6.03. The molecule has 3 rings (SSSR count). The molecule has 1 N–H and O–H groups in total. The quantitative estimate of drug-likeness (QED) is 0.827. The van der Waals surface area contributed by atoms with Crippen LogP contribution in [-0.2, 0) is 10.0 Å². The highest BCUT2D eigenvalue weighted by atomic mass is 32.2. The molecule has 7 heteroatoms. The summed E-state index contributed by atoms with van der Waals surface area (Å²) >= 11 is 0. The maximum absolute atomic E-state index is 12.7. The van der Waals surface area contributed by atoms with Gasteiger partial charge in [-0.1, -0.05) is 25.1 Å². The van der Waals surface area contributed by atoms with Crippen LogP contribution in [0.1, 0.15) is 23.7 Å². The Labute approximate surface area is 160 Å². The first-order chi connectivity index (χ1) is 13.0. The van der Waals surface area contributed by atoms with Crippen molar-refractivity contribution in [3.05, 3.63) is 60.2 Å². The van der Waals surface area contributed by atoms with E-state index < -0.39 is 10.0 Å². The van der Waals surface area contributed by atoms with Crippen LogP contribution in [0.2, 0.25) is 0 Å². The van der Waals surface area contributed by atoms with E-state index in [9.17, 15) is 13.2 Å². The lowest BCUT2D eigenvalue weighted by atomic mass is 10.1. The molecule has 2 aromatic rings. The van der Waals surface area contributed by atoms with Crippen molar-refractivity contribution < 1.29 is 13.2 Å². The Balaban J connectivity index is 1.63. The van der Waals surface area contributed by atoms with E-state index >= 15 is 0 Å². The molecule has 0 radical (unpaired) electrons. The number of hydrogen-bond donors (Lipinski definition) is 1. The summed E-state index contributed by atoms with van der Waals surface area (Å²) in [6, 6.07) is 14.8. The van der Waals surface area contributed by atoms with Crippen LogP contribution in [0.25, 0.3) is 0 Å². The van der Waals surface area contributed by atoms with Crippen LogP contribution in [0.4, 0.5) is 5.69 Å². The van der Waals surface area contributed by atoms with Crippen LogP contribution in [0.5, 0.6) is 0 Å². The van der Waals surface area contributed by atoms with Gasteiger partial charge in [0.15, 0.2) is 0 Å². The minimum Gasteiger partial charge on any atom is -0.336 e. The fraction of sp³-hybridized carbons (Fsp3) is 0.350. The van der Waals surface area contributed by atoms with Gasteiger partial charge in [-0.05, 0) is 49.4 Å². The number of benzene rings is 2. The number of nitrogens with zero attached hydrogens (tertiary/aromatic N) is 2. The largest absolute Gasteiger partial charge is 0.336 e. The van der Waals surface area contributed by atoms with E-state index in [-0.39, 0.29) is 10.8 Å². The van der Waals surface area contributed by atoms with Gasteiger partial charge in [-0.2, -0.15) is 0 Å². The topological polar surface area (TPSA) is 69.7 Å². The molecule has 0 saturated carbocycles. The van der Waals surface area contributed by atoms with Crippen molar-refractivity contribution in [2.24, 2.45) is 0 Å². The van der Waals surface area contributed by atoms with Gasteiger partial charge in [0.05, 0.1) is 4.90 Å². The predicted molar refractivity (Wildman–Crippen MR) is 106 cm³/mol. The molecule has 6 nitrogen and oxygen atoms in total. The zero-order valence-corrected chi connectivity index (χ0v) is 16.3. The average molecular weight is 388 g/mol. The maximum Gasteiger partial charge on any atom is 0.261 e. The van der Waals surface area contributed by atoms with Gasteiger partial charge in [0.1, 0.15) is 0 Å². The van der Waals surface area contributed by atoms with Gasteiger partial charge in [0.2, 0.25) is 0 Å². The molecule has 27 heavy (non-hydrogen) atoms. The molecular weight excluding hydrogens is 362 g/mol. The molecule has 0 atom stereocenters. The Morgan fingerprint density at radius 1 is 0.963 bits per heavy atom. The van der Waals surface area contributed by atoms with Gasteiger partial charge in [0.25, 0.3) is 15.9 Å². The highest BCUT2D eigenvalue weighted by Crippen LogP contribution is 2.17. The molecule has 0 aromatic heterocycles. The standard InChI is InChI=1S/C20H25N3O3S/c1-2-12-22-13-15-23(16-14-22)20(24)17-8-10-18(11-9-17)21-27(25,26)19-6-4-3-5-7-19/h3-11,21H,2,12-16H2,1H3. The lowest BCUT2D eigenvalue weighted by Crippen LogP contribution is -2.48. The number of rotatable bonds is 6. The summed E-state index contributed by atoms with van der Waals surface area (Å²) in [5.41, 5.74) is 1.00. The molecule has 1 heterocycles. The molecule has 1 aliphatic rings. The van der Waals surface area contributed by atoms with Gasteiger partial charge >= 0.3 is 0 Å². The Hall–Kier alpha value is -2.38. The molecule has 2 aromatic carbocycles. The van der Waals surface area contributed by atoms with Crippen molar-refractivity contribution in [2.75, 3.05) is 37.4 Å². The summed E-state index contributed by atoms with van der Waals surface area (Å²) in [4.78, 5) is 17.1. The van der Waals surface area contributed by atoms with E-state index in [1.165, 1.54) is 0 Å². The number of sulfonamides is 1. The van der Waals surface area contributed by atoms with Crippen molar-refractivity contribution >= 4 is 21.6 Å². The van der Waals surface area contributed by atoms with Crippen molar-refractivity contribution in [3.63, 3.8) is 0 Å². The fourth-order valence-corrected chi connectivity index (χ4v) is 4.25. The van der Waals surface area contributed by atoms with Crippen LogP contribution in [0.15, 0.2) is 59.5 Å². The van der Waals surface area contributed by atoms with Crippen LogP contribution in [-0.4, -0.2) is 56.8 Å². The lowest BCUT2D eigenvalue weighted by Gasteiger charge is -2.34. The Morgan fingerprint density at radius 2 is 1.59 bits per heavy atom. The minimum atomic E-state index is -3.63. The minimum absolute atomic E-state index is 0.0105. The highest BCUT2D eigenvalue weighted by molar-refractivity contribution is 7.92. The molecule has 0 unspecified atom stereocenters. The third kappa shape index (κ3) is 4.87. The van der Waals surface area contributed by atoms with E-state index in [4.69, 9.17) is 0 Å². The van der Waals surface area contributed by atoms with Gasteiger partial charge in [-0.25, -0.2) is 8.42 Å². The lowest BCUT2D eigenvalue weighted by molar-refractivity contribution is 0.0637. The molecular formula is C20H25N3O3S. The SMILES string of the molecule is CCCN1CCN(C(=O)c2ccc(NS(=O)(=O)c3ccccc3)cc2)CC1. The van der Waals surface area contributed by atoms with Crippen LogP contribution >= 0.6 is 0 Å². The average Bonchev–Trinajstić information content (AvgIpc) is 2.69. The molecule has 1 aliphatic heterocycles. The van der Waals surface area contributed by atoms with Crippen LogP contribution < -0.4 is 4.72 Å². The Bertz CT molecular complexity index is 859. The number of amides is 1. The summed E-state index contributed by atoms with van der Waals surface area (Å²) < 4.78 is 27.3. The summed E-state index contributed by atoms with van der Waals surface area (Å²) in [6.07, 6.45) is 1.12. The zero-order valence-electron chi connectivity index (χ0n) is 15.5. The third-order valence-electron chi connectivity index (χ3n) is 4.64. The van der Waals surface area contributed by atoms with Crippen LogP contribution in [0.3, 0.4) is 0 Å². The van der Waals surface area contributed by atoms with Gasteiger partial charge in [0, 0.05) is 37.4 Å². The highest BCUT2D eigenvalue weighted by Gasteiger charge is 2.22. The number of hydrogen-bond acceptors (Lipinski definition) is 4. The number of anilines is 1. The van der Waals surface area contributed by atoms with E-state index in [0.29, 0.717) is 11.3 Å². The molecule has 1 fully saturated rings. The number of piperazine rings is 1.